The van der Waals surface area contributed by atoms with Crippen LogP contribution >= 0.6 is 11.8 Å². The number of allylic oxidation sites excluding steroid dienone is 1. The third-order valence-corrected chi connectivity index (χ3v) is 2.68. The number of nitrogens with zero attached hydrogens (tertiary/aromatic N) is 1. The van der Waals surface area contributed by atoms with E-state index < -0.39 is 23.1 Å². The van der Waals surface area contributed by atoms with Gasteiger partial charge in [-0.25, -0.2) is 4.99 Å². The fourth-order valence-corrected chi connectivity index (χ4v) is 1.65. The molecule has 0 aromatic carbocycles. The monoisotopic (exact) mass is 244 g/mol. The maximum Gasteiger partial charge on any atom is 0.328 e. The first kappa shape index (κ1) is 12.2. The lowest BCUT2D eigenvalue weighted by Crippen LogP contribution is -2.31. The van der Waals surface area contributed by atoms with Crippen molar-refractivity contribution in [3.05, 3.63) is 11.8 Å². The summed E-state index contributed by atoms with van der Waals surface area (Å²) in [5.74, 6) is -3.47. The molecule has 0 aliphatic carbocycles. The van der Waals surface area contributed by atoms with Crippen LogP contribution in [-0.4, -0.2) is 38.5 Å². The van der Waals surface area contributed by atoms with Crippen molar-refractivity contribution in [3.8, 4) is 0 Å². The molecule has 1 rings (SSSR count). The molecule has 3 N–H and O–H groups in total. The van der Waals surface area contributed by atoms with Gasteiger partial charge in [0.15, 0.2) is 5.17 Å². The predicted octanol–water partition coefficient (Wildman–Crippen LogP) is -0.353. The molecular weight excluding hydrogens is 236 g/mol. The molecule has 0 bridgehead atoms. The van der Waals surface area contributed by atoms with Crippen LogP contribution in [-0.2, 0) is 14.4 Å². The molecule has 0 spiro atoms. The highest BCUT2D eigenvalue weighted by Crippen LogP contribution is 2.18. The molecule has 7 nitrogen and oxygen atoms in total. The Balaban J connectivity index is 2.79. The number of aliphatic carboxylic acids is 2. The van der Waals surface area contributed by atoms with E-state index in [2.05, 4.69) is 10.3 Å². The molecule has 1 aliphatic heterocycles. The van der Waals surface area contributed by atoms with Crippen molar-refractivity contribution in [1.29, 1.82) is 0 Å². The van der Waals surface area contributed by atoms with E-state index in [1.807, 2.05) is 0 Å². The Hall–Kier alpha value is -1.83. The highest BCUT2D eigenvalue weighted by molar-refractivity contribution is 8.15. The molecule has 86 valence electrons. The van der Waals surface area contributed by atoms with E-state index in [0.29, 0.717) is 11.8 Å². The van der Waals surface area contributed by atoms with E-state index in [0.717, 1.165) is 0 Å². The number of amides is 1. The van der Waals surface area contributed by atoms with Gasteiger partial charge in [0.1, 0.15) is 5.70 Å². The lowest BCUT2D eigenvalue weighted by Gasteiger charge is -2.05. The first-order valence-corrected chi connectivity index (χ1v) is 5.02. The summed E-state index contributed by atoms with van der Waals surface area (Å²) in [4.78, 5) is 36.0. The summed E-state index contributed by atoms with van der Waals surface area (Å²) in [5.41, 5.74) is 0.136. The molecule has 0 aromatic heterocycles. The van der Waals surface area contributed by atoms with Crippen molar-refractivity contribution in [3.63, 3.8) is 0 Å². The normalized spacial score (nSPS) is 17.5. The molecule has 0 radical (unpaired) electrons. The van der Waals surface area contributed by atoms with Crippen LogP contribution in [0.25, 0.3) is 0 Å². The topological polar surface area (TPSA) is 116 Å². The minimum absolute atomic E-state index is 0.0205. The number of hydrogen-bond donors (Lipinski definition) is 3. The van der Waals surface area contributed by atoms with Crippen LogP contribution in [0, 0.1) is 0 Å². The van der Waals surface area contributed by atoms with Crippen LogP contribution in [0.5, 0.6) is 0 Å². The van der Waals surface area contributed by atoms with Crippen molar-refractivity contribution < 1.29 is 24.6 Å². The molecule has 1 amide bonds. The van der Waals surface area contributed by atoms with E-state index in [1.165, 1.54) is 6.08 Å². The Morgan fingerprint density at radius 3 is 2.38 bits per heavy atom. The van der Waals surface area contributed by atoms with Crippen molar-refractivity contribution in [1.82, 2.24) is 5.32 Å². The standard InChI is InChI=1S/C8H8N2O5S/c1-2-3-5(11)10-8(9-3)16-4(6(12)13)7(14)15/h2,4H,1H3,(H,12,13)(H,14,15)(H,9,10,11). The van der Waals surface area contributed by atoms with Gasteiger partial charge in [-0.2, -0.15) is 0 Å². The lowest BCUT2D eigenvalue weighted by molar-refractivity contribution is -0.146. The predicted molar refractivity (Wildman–Crippen MR) is 56.0 cm³/mol. The number of carbonyl (C=O) groups excluding carboxylic acids is 1. The number of rotatable bonds is 3. The summed E-state index contributed by atoms with van der Waals surface area (Å²) < 4.78 is 0. The van der Waals surface area contributed by atoms with Gasteiger partial charge in [0.05, 0.1) is 0 Å². The zero-order chi connectivity index (χ0) is 12.3. The number of carboxylic acid groups (broad SMARTS) is 2. The highest BCUT2D eigenvalue weighted by Gasteiger charge is 2.31. The van der Waals surface area contributed by atoms with E-state index in [1.54, 1.807) is 6.92 Å². The van der Waals surface area contributed by atoms with Crippen molar-refractivity contribution in [2.24, 2.45) is 4.99 Å². The highest BCUT2D eigenvalue weighted by atomic mass is 32.2. The zero-order valence-electron chi connectivity index (χ0n) is 8.13. The number of nitrogens with one attached hydrogen (secondary N) is 1. The SMILES string of the molecule is CC=C1N=C(SC(C(=O)O)C(=O)O)NC1=O. The summed E-state index contributed by atoms with van der Waals surface area (Å²) in [7, 11) is 0. The second kappa shape index (κ2) is 4.79. The van der Waals surface area contributed by atoms with E-state index >= 15 is 0 Å². The Morgan fingerprint density at radius 1 is 1.44 bits per heavy atom. The number of amidine groups is 1. The molecule has 0 atom stereocenters. The minimum Gasteiger partial charge on any atom is -0.480 e. The van der Waals surface area contributed by atoms with Gasteiger partial charge < -0.3 is 10.2 Å². The molecule has 0 fully saturated rings. The van der Waals surface area contributed by atoms with Crippen LogP contribution in [0.3, 0.4) is 0 Å². The van der Waals surface area contributed by atoms with Crippen LogP contribution in [0.15, 0.2) is 16.8 Å². The summed E-state index contributed by atoms with van der Waals surface area (Å²) in [5, 5.41) is 17.8. The fourth-order valence-electron chi connectivity index (χ4n) is 0.919. The van der Waals surface area contributed by atoms with Crippen molar-refractivity contribution in [2.75, 3.05) is 0 Å². The van der Waals surface area contributed by atoms with Crippen molar-refractivity contribution >= 4 is 34.8 Å². The number of carboxylic acids is 2. The third-order valence-electron chi connectivity index (χ3n) is 1.63. The van der Waals surface area contributed by atoms with E-state index in [9.17, 15) is 14.4 Å². The largest absolute Gasteiger partial charge is 0.480 e. The quantitative estimate of drug-likeness (QED) is 0.461. The van der Waals surface area contributed by atoms with E-state index in [-0.39, 0.29) is 10.9 Å². The van der Waals surface area contributed by atoms with Gasteiger partial charge in [-0.1, -0.05) is 17.8 Å². The fraction of sp³-hybridized carbons (Fsp3) is 0.250. The van der Waals surface area contributed by atoms with Crippen LogP contribution < -0.4 is 5.32 Å². The zero-order valence-corrected chi connectivity index (χ0v) is 8.95. The second-order valence-corrected chi connectivity index (χ2v) is 3.81. The number of hydrogen-bond acceptors (Lipinski definition) is 5. The Kier molecular flexibility index (Phi) is 3.67. The van der Waals surface area contributed by atoms with Crippen LogP contribution in [0.2, 0.25) is 0 Å². The maximum atomic E-state index is 11.1. The summed E-state index contributed by atoms with van der Waals surface area (Å²) in [6.45, 7) is 1.60. The second-order valence-electron chi connectivity index (χ2n) is 2.72. The van der Waals surface area contributed by atoms with Gasteiger partial charge in [-0.15, -0.1) is 0 Å². The van der Waals surface area contributed by atoms with Crippen LogP contribution in [0.4, 0.5) is 0 Å². The molecule has 0 aromatic rings. The summed E-state index contributed by atoms with van der Waals surface area (Å²) in [6, 6.07) is 0. The molecule has 1 heterocycles. The first-order valence-electron chi connectivity index (χ1n) is 4.14. The summed E-state index contributed by atoms with van der Waals surface area (Å²) in [6.07, 6.45) is 1.44. The molecule has 8 heteroatoms. The molecule has 0 unspecified atom stereocenters. The van der Waals surface area contributed by atoms with Gasteiger partial charge in [-0.3, -0.25) is 19.7 Å². The maximum absolute atomic E-state index is 11.1. The number of carbonyl (C=O) groups is 3. The van der Waals surface area contributed by atoms with Crippen molar-refractivity contribution in [2.45, 2.75) is 12.2 Å². The van der Waals surface area contributed by atoms with Gasteiger partial charge >= 0.3 is 11.9 Å². The van der Waals surface area contributed by atoms with E-state index in [4.69, 9.17) is 10.2 Å². The Bertz CT molecular complexity index is 401. The molecule has 0 saturated carbocycles. The first-order chi connectivity index (χ1) is 7.45. The average Bonchev–Trinajstić information content (AvgIpc) is 2.54. The molecule has 1 aliphatic rings. The summed E-state index contributed by atoms with van der Waals surface area (Å²) >= 11 is 0.470. The van der Waals surface area contributed by atoms with Gasteiger partial charge in [0.25, 0.3) is 5.91 Å². The molecular formula is C8H8N2O5S. The average molecular weight is 244 g/mol. The molecule has 0 saturated heterocycles. The van der Waals surface area contributed by atoms with Gasteiger partial charge in [-0.05, 0) is 6.92 Å². The van der Waals surface area contributed by atoms with Crippen LogP contribution in [0.1, 0.15) is 6.92 Å². The van der Waals surface area contributed by atoms with Gasteiger partial charge in [0, 0.05) is 0 Å². The Morgan fingerprint density at radius 2 is 2.00 bits per heavy atom. The number of aliphatic imine (C=N–C) groups is 1. The lowest BCUT2D eigenvalue weighted by atomic mass is 10.4. The van der Waals surface area contributed by atoms with Gasteiger partial charge in [0.2, 0.25) is 5.25 Å². The Labute approximate surface area is 94.2 Å². The number of thioether (sulfide) groups is 1. The smallest absolute Gasteiger partial charge is 0.328 e. The minimum atomic E-state index is -1.68. The molecule has 16 heavy (non-hydrogen) atoms. The third kappa shape index (κ3) is 2.60.